The largest absolute Gasteiger partial charge is 0.438 e. The predicted molar refractivity (Wildman–Crippen MR) is 68.0 cm³/mol. The molecule has 0 saturated carbocycles. The molecule has 2 aromatic heterocycles. The van der Waals surface area contributed by atoms with Crippen LogP contribution in [0.5, 0.6) is 0 Å². The Labute approximate surface area is 104 Å². The molecule has 4 nitrogen and oxygen atoms in total. The zero-order valence-corrected chi connectivity index (χ0v) is 10.4. The summed E-state index contributed by atoms with van der Waals surface area (Å²) in [4.78, 5) is 7.85. The van der Waals surface area contributed by atoms with Gasteiger partial charge >= 0.3 is 0 Å². The Bertz CT molecular complexity index is 460. The molecular formula is C12H15N3OS. The van der Waals surface area contributed by atoms with Crippen molar-refractivity contribution in [3.05, 3.63) is 29.6 Å². The summed E-state index contributed by atoms with van der Waals surface area (Å²) in [5.74, 6) is 1.69. The van der Waals surface area contributed by atoms with Gasteiger partial charge in [-0.2, -0.15) is 0 Å². The predicted octanol–water partition coefficient (Wildman–Crippen LogP) is 1.81. The summed E-state index contributed by atoms with van der Waals surface area (Å²) < 4.78 is 5.77. The molecule has 17 heavy (non-hydrogen) atoms. The van der Waals surface area contributed by atoms with Gasteiger partial charge in [0.05, 0.1) is 17.6 Å². The van der Waals surface area contributed by atoms with Gasteiger partial charge in [-0.25, -0.2) is 4.98 Å². The summed E-state index contributed by atoms with van der Waals surface area (Å²) in [6, 6.07) is 4.08. The van der Waals surface area contributed by atoms with Crippen molar-refractivity contribution in [2.75, 3.05) is 26.2 Å². The number of nitrogens with zero attached hydrogens (tertiary/aromatic N) is 2. The number of hydrogen-bond acceptors (Lipinski definition) is 5. The van der Waals surface area contributed by atoms with E-state index >= 15 is 0 Å². The lowest BCUT2D eigenvalue weighted by molar-refractivity contribution is 0.213. The molecule has 1 aliphatic rings. The average Bonchev–Trinajstić information content (AvgIpc) is 3.00. The lowest BCUT2D eigenvalue weighted by Gasteiger charge is -2.25. The third-order valence-electron chi connectivity index (χ3n) is 2.89. The lowest BCUT2D eigenvalue weighted by Crippen LogP contribution is -2.42. The van der Waals surface area contributed by atoms with E-state index in [0.29, 0.717) is 0 Å². The Morgan fingerprint density at radius 3 is 3.06 bits per heavy atom. The van der Waals surface area contributed by atoms with Gasteiger partial charge in [-0.05, 0) is 11.4 Å². The second-order valence-corrected chi connectivity index (χ2v) is 5.07. The standard InChI is InChI=1S/C12H15N3OS/c1-2-11(17-7-1)10-8-14-12(16-10)9-15-5-3-13-4-6-15/h1-2,7-8,13H,3-6,9H2. The van der Waals surface area contributed by atoms with Gasteiger partial charge in [0.2, 0.25) is 5.89 Å². The number of oxazole rings is 1. The van der Waals surface area contributed by atoms with Crippen LogP contribution >= 0.6 is 11.3 Å². The first-order valence-electron chi connectivity index (χ1n) is 5.83. The Hall–Kier alpha value is -1.17. The van der Waals surface area contributed by atoms with Crippen molar-refractivity contribution >= 4 is 11.3 Å². The molecule has 1 N–H and O–H groups in total. The fraction of sp³-hybridized carbons (Fsp3) is 0.417. The highest BCUT2D eigenvalue weighted by Gasteiger charge is 2.13. The Kier molecular flexibility index (Phi) is 3.22. The molecule has 0 bridgehead atoms. The molecule has 1 fully saturated rings. The highest BCUT2D eigenvalue weighted by molar-refractivity contribution is 7.13. The van der Waals surface area contributed by atoms with Crippen LogP contribution in [0.4, 0.5) is 0 Å². The van der Waals surface area contributed by atoms with E-state index in [0.717, 1.165) is 49.3 Å². The number of piperazine rings is 1. The summed E-state index contributed by atoms with van der Waals surface area (Å²) >= 11 is 1.68. The monoisotopic (exact) mass is 249 g/mol. The molecule has 1 aliphatic heterocycles. The molecule has 3 rings (SSSR count). The molecule has 0 radical (unpaired) electrons. The van der Waals surface area contributed by atoms with Gasteiger partial charge in [0.1, 0.15) is 0 Å². The first-order valence-corrected chi connectivity index (χ1v) is 6.71. The maximum Gasteiger partial charge on any atom is 0.209 e. The van der Waals surface area contributed by atoms with Crippen molar-refractivity contribution in [2.24, 2.45) is 0 Å². The minimum Gasteiger partial charge on any atom is -0.438 e. The zero-order valence-electron chi connectivity index (χ0n) is 9.56. The molecule has 0 unspecified atom stereocenters. The number of hydrogen-bond donors (Lipinski definition) is 1. The van der Waals surface area contributed by atoms with E-state index in [4.69, 9.17) is 4.42 Å². The average molecular weight is 249 g/mol. The van der Waals surface area contributed by atoms with Gasteiger partial charge in [-0.3, -0.25) is 4.90 Å². The molecule has 0 amide bonds. The van der Waals surface area contributed by atoms with Gasteiger partial charge < -0.3 is 9.73 Å². The smallest absolute Gasteiger partial charge is 0.209 e. The molecule has 0 atom stereocenters. The van der Waals surface area contributed by atoms with E-state index < -0.39 is 0 Å². The highest BCUT2D eigenvalue weighted by Crippen LogP contribution is 2.25. The van der Waals surface area contributed by atoms with Crippen LogP contribution < -0.4 is 5.32 Å². The van der Waals surface area contributed by atoms with Crippen molar-refractivity contribution in [2.45, 2.75) is 6.54 Å². The molecule has 2 aromatic rings. The molecule has 0 aromatic carbocycles. The van der Waals surface area contributed by atoms with Crippen molar-refractivity contribution < 1.29 is 4.42 Å². The second kappa shape index (κ2) is 5.00. The SMILES string of the molecule is c1csc(-c2cnc(CN3CCNCC3)o2)c1. The highest BCUT2D eigenvalue weighted by atomic mass is 32.1. The van der Waals surface area contributed by atoms with Crippen LogP contribution in [-0.2, 0) is 6.54 Å². The maximum atomic E-state index is 5.77. The first kappa shape index (κ1) is 11.0. The van der Waals surface area contributed by atoms with Crippen LogP contribution in [0.15, 0.2) is 28.1 Å². The summed E-state index contributed by atoms with van der Waals surface area (Å²) in [5.41, 5.74) is 0. The summed E-state index contributed by atoms with van der Waals surface area (Å²) in [7, 11) is 0. The third kappa shape index (κ3) is 2.57. The van der Waals surface area contributed by atoms with Gasteiger partial charge in [-0.1, -0.05) is 6.07 Å². The second-order valence-electron chi connectivity index (χ2n) is 4.12. The number of rotatable bonds is 3. The Morgan fingerprint density at radius 2 is 2.29 bits per heavy atom. The third-order valence-corrected chi connectivity index (χ3v) is 3.77. The maximum absolute atomic E-state index is 5.77. The van der Waals surface area contributed by atoms with Gasteiger partial charge in [-0.15, -0.1) is 11.3 Å². The molecule has 1 saturated heterocycles. The van der Waals surface area contributed by atoms with E-state index in [1.807, 2.05) is 17.6 Å². The number of nitrogens with one attached hydrogen (secondary N) is 1. The first-order chi connectivity index (χ1) is 8.42. The molecule has 90 valence electrons. The van der Waals surface area contributed by atoms with Crippen LogP contribution in [0.2, 0.25) is 0 Å². The fourth-order valence-corrected chi connectivity index (χ4v) is 2.65. The minimum absolute atomic E-state index is 0.813. The molecule has 5 heteroatoms. The van der Waals surface area contributed by atoms with E-state index in [1.165, 1.54) is 0 Å². The number of aromatic nitrogens is 1. The molecule has 0 spiro atoms. The van der Waals surface area contributed by atoms with Gasteiger partial charge in [0.25, 0.3) is 0 Å². The Morgan fingerprint density at radius 1 is 1.41 bits per heavy atom. The number of thiophene rings is 1. The van der Waals surface area contributed by atoms with Crippen molar-refractivity contribution in [1.29, 1.82) is 0 Å². The van der Waals surface area contributed by atoms with Crippen LogP contribution in [0.25, 0.3) is 10.6 Å². The van der Waals surface area contributed by atoms with Crippen LogP contribution in [-0.4, -0.2) is 36.1 Å². The quantitative estimate of drug-likeness (QED) is 0.900. The lowest BCUT2D eigenvalue weighted by atomic mass is 10.3. The summed E-state index contributed by atoms with van der Waals surface area (Å²) in [6.45, 7) is 5.05. The van der Waals surface area contributed by atoms with Crippen LogP contribution in [0, 0.1) is 0 Å². The van der Waals surface area contributed by atoms with E-state index in [-0.39, 0.29) is 0 Å². The summed E-state index contributed by atoms with van der Waals surface area (Å²) in [5, 5.41) is 5.39. The minimum atomic E-state index is 0.813. The fourth-order valence-electron chi connectivity index (χ4n) is 1.98. The molecule has 0 aliphatic carbocycles. The van der Waals surface area contributed by atoms with E-state index in [1.54, 1.807) is 11.3 Å². The molecular weight excluding hydrogens is 234 g/mol. The van der Waals surface area contributed by atoms with E-state index in [2.05, 4.69) is 21.3 Å². The van der Waals surface area contributed by atoms with Gasteiger partial charge in [0.15, 0.2) is 5.76 Å². The van der Waals surface area contributed by atoms with Gasteiger partial charge in [0, 0.05) is 26.2 Å². The topological polar surface area (TPSA) is 41.3 Å². The van der Waals surface area contributed by atoms with Crippen LogP contribution in [0.3, 0.4) is 0 Å². The molecule has 3 heterocycles. The Balaban J connectivity index is 1.68. The normalized spacial score (nSPS) is 17.4. The van der Waals surface area contributed by atoms with Crippen LogP contribution in [0.1, 0.15) is 5.89 Å². The zero-order chi connectivity index (χ0) is 11.5. The van der Waals surface area contributed by atoms with Crippen molar-refractivity contribution in [3.63, 3.8) is 0 Å². The van der Waals surface area contributed by atoms with Crippen molar-refractivity contribution in [3.8, 4) is 10.6 Å². The van der Waals surface area contributed by atoms with Crippen molar-refractivity contribution in [1.82, 2.24) is 15.2 Å². The van der Waals surface area contributed by atoms with E-state index in [9.17, 15) is 0 Å². The summed E-state index contributed by atoms with van der Waals surface area (Å²) in [6.07, 6.45) is 1.82.